The lowest BCUT2D eigenvalue weighted by Gasteiger charge is -2.30. The van der Waals surface area contributed by atoms with Crippen molar-refractivity contribution >= 4 is 16.9 Å². The number of carbonyl (C=O) groups is 1. The van der Waals surface area contributed by atoms with Crippen molar-refractivity contribution in [1.29, 1.82) is 0 Å². The molecule has 0 N–H and O–H groups in total. The second-order valence-corrected chi connectivity index (χ2v) is 8.28. The fourth-order valence-electron chi connectivity index (χ4n) is 3.92. The zero-order valence-electron chi connectivity index (χ0n) is 15.7. The van der Waals surface area contributed by atoms with Gasteiger partial charge >= 0.3 is 0 Å². The molecule has 0 saturated carbocycles. The smallest absolute Gasteiger partial charge is 0.254 e. The first-order chi connectivity index (χ1) is 11.2. The van der Waals surface area contributed by atoms with E-state index in [2.05, 4.69) is 35.8 Å². The Morgan fingerprint density at radius 2 is 2.04 bits per heavy atom. The summed E-state index contributed by atoms with van der Waals surface area (Å²) >= 11 is 0. The number of aryl methyl sites for hydroxylation is 3. The molecule has 3 heterocycles. The summed E-state index contributed by atoms with van der Waals surface area (Å²) in [5.41, 5.74) is 3.50. The lowest BCUT2D eigenvalue weighted by Crippen LogP contribution is -2.37. The molecular weight excluding hydrogens is 300 g/mol. The van der Waals surface area contributed by atoms with Crippen molar-refractivity contribution in [1.82, 2.24) is 19.7 Å². The van der Waals surface area contributed by atoms with Crippen LogP contribution in [0.2, 0.25) is 0 Å². The summed E-state index contributed by atoms with van der Waals surface area (Å²) in [5.74, 6) is 0.133. The van der Waals surface area contributed by atoms with Gasteiger partial charge in [-0.25, -0.2) is 4.98 Å². The summed E-state index contributed by atoms with van der Waals surface area (Å²) in [5, 5.41) is 5.36. The molecule has 2 aromatic heterocycles. The Balaban J connectivity index is 2.02. The second-order valence-electron chi connectivity index (χ2n) is 8.28. The highest BCUT2D eigenvalue weighted by molar-refractivity contribution is 6.06. The molecule has 1 aliphatic heterocycles. The van der Waals surface area contributed by atoms with Crippen molar-refractivity contribution in [3.63, 3.8) is 0 Å². The number of likely N-dealkylation sites (tertiary alicyclic amines) is 1. The molecular formula is C19H28N4O. The van der Waals surface area contributed by atoms with Crippen LogP contribution in [-0.2, 0) is 7.05 Å². The number of hydrogen-bond donors (Lipinski definition) is 0. The Hall–Kier alpha value is -1.91. The second kappa shape index (κ2) is 5.87. The van der Waals surface area contributed by atoms with Gasteiger partial charge in [0.05, 0.1) is 16.6 Å². The van der Waals surface area contributed by atoms with Gasteiger partial charge in [-0.3, -0.25) is 9.48 Å². The van der Waals surface area contributed by atoms with Crippen molar-refractivity contribution < 1.29 is 4.79 Å². The van der Waals surface area contributed by atoms with Gasteiger partial charge < -0.3 is 4.90 Å². The zero-order chi connectivity index (χ0) is 17.6. The summed E-state index contributed by atoms with van der Waals surface area (Å²) < 4.78 is 1.77. The Kier molecular flexibility index (Phi) is 4.14. The predicted molar refractivity (Wildman–Crippen MR) is 96.1 cm³/mol. The molecule has 1 saturated heterocycles. The van der Waals surface area contributed by atoms with Crippen LogP contribution in [0.15, 0.2) is 6.07 Å². The molecule has 1 atom stereocenters. The van der Waals surface area contributed by atoms with Crippen LogP contribution in [0.3, 0.4) is 0 Å². The Morgan fingerprint density at radius 3 is 2.71 bits per heavy atom. The average Bonchev–Trinajstić information content (AvgIpc) is 3.01. The van der Waals surface area contributed by atoms with Crippen molar-refractivity contribution in [2.75, 3.05) is 6.54 Å². The van der Waals surface area contributed by atoms with E-state index < -0.39 is 0 Å². The largest absolute Gasteiger partial charge is 0.336 e. The third-order valence-corrected chi connectivity index (χ3v) is 4.81. The Bertz CT molecular complexity index is 785. The first kappa shape index (κ1) is 16.9. The van der Waals surface area contributed by atoms with E-state index in [1.807, 2.05) is 27.0 Å². The lowest BCUT2D eigenvalue weighted by molar-refractivity contribution is 0.0706. The van der Waals surface area contributed by atoms with Crippen molar-refractivity contribution in [3.05, 3.63) is 23.0 Å². The van der Waals surface area contributed by atoms with Gasteiger partial charge in [0, 0.05) is 25.3 Å². The normalized spacial score (nSPS) is 18.6. The highest BCUT2D eigenvalue weighted by Crippen LogP contribution is 2.32. The molecule has 0 aliphatic carbocycles. The van der Waals surface area contributed by atoms with Crippen molar-refractivity contribution in [3.8, 4) is 0 Å². The molecule has 5 nitrogen and oxygen atoms in total. The standard InChI is InChI=1S/C19H28N4O/c1-12-10-15(16-13(2)21-22(6)17(16)20-12)18(24)23-9-7-8-14(23)11-19(3,4)5/h10,14H,7-9,11H2,1-6H3. The number of nitrogens with zero attached hydrogens (tertiary/aromatic N) is 4. The lowest BCUT2D eigenvalue weighted by atomic mass is 9.87. The SMILES string of the molecule is Cc1cc(C(=O)N2CCCC2CC(C)(C)C)c2c(C)nn(C)c2n1. The predicted octanol–water partition coefficient (Wildman–Crippen LogP) is 3.63. The number of amides is 1. The number of pyridine rings is 1. The molecule has 0 spiro atoms. The maximum atomic E-state index is 13.3. The summed E-state index contributed by atoms with van der Waals surface area (Å²) in [6.07, 6.45) is 3.23. The maximum Gasteiger partial charge on any atom is 0.254 e. The minimum absolute atomic E-state index is 0.133. The summed E-state index contributed by atoms with van der Waals surface area (Å²) in [6.45, 7) is 11.5. The average molecular weight is 328 g/mol. The molecule has 3 rings (SSSR count). The van der Waals surface area contributed by atoms with E-state index in [1.165, 1.54) is 0 Å². The first-order valence-electron chi connectivity index (χ1n) is 8.79. The summed E-state index contributed by atoms with van der Waals surface area (Å²) in [7, 11) is 1.88. The van der Waals surface area contributed by atoms with Crippen LogP contribution in [0.5, 0.6) is 0 Å². The number of carbonyl (C=O) groups excluding carboxylic acids is 1. The number of fused-ring (bicyclic) bond motifs is 1. The van der Waals surface area contributed by atoms with Gasteiger partial charge in [-0.05, 0) is 44.6 Å². The molecule has 2 aromatic rings. The molecule has 0 aromatic carbocycles. The van der Waals surface area contributed by atoms with Crippen LogP contribution < -0.4 is 0 Å². The van der Waals surface area contributed by atoms with E-state index in [-0.39, 0.29) is 11.3 Å². The van der Waals surface area contributed by atoms with E-state index >= 15 is 0 Å². The molecule has 24 heavy (non-hydrogen) atoms. The number of rotatable bonds is 2. The van der Waals surface area contributed by atoms with E-state index in [0.29, 0.717) is 6.04 Å². The first-order valence-corrected chi connectivity index (χ1v) is 8.79. The fourth-order valence-corrected chi connectivity index (χ4v) is 3.92. The Labute approximate surface area is 144 Å². The molecule has 1 aliphatic rings. The monoisotopic (exact) mass is 328 g/mol. The van der Waals surface area contributed by atoms with Crippen LogP contribution in [0.4, 0.5) is 0 Å². The minimum Gasteiger partial charge on any atom is -0.336 e. The topological polar surface area (TPSA) is 51.0 Å². The summed E-state index contributed by atoms with van der Waals surface area (Å²) in [4.78, 5) is 20.0. The van der Waals surface area contributed by atoms with E-state index in [9.17, 15) is 4.79 Å². The maximum absolute atomic E-state index is 13.3. The van der Waals surface area contributed by atoms with E-state index in [0.717, 1.165) is 53.8 Å². The van der Waals surface area contributed by atoms with Crippen LogP contribution in [0, 0.1) is 19.3 Å². The molecule has 5 heteroatoms. The van der Waals surface area contributed by atoms with Crippen LogP contribution in [0.1, 0.15) is 61.8 Å². The van der Waals surface area contributed by atoms with Gasteiger partial charge in [0.1, 0.15) is 0 Å². The number of aromatic nitrogens is 3. The third kappa shape index (κ3) is 3.04. The molecule has 0 bridgehead atoms. The van der Waals surface area contributed by atoms with Gasteiger partial charge in [0.2, 0.25) is 0 Å². The van der Waals surface area contributed by atoms with Gasteiger partial charge in [-0.15, -0.1) is 0 Å². The molecule has 130 valence electrons. The van der Waals surface area contributed by atoms with Gasteiger partial charge in [-0.2, -0.15) is 5.10 Å². The van der Waals surface area contributed by atoms with Crippen LogP contribution in [-0.4, -0.2) is 38.2 Å². The highest BCUT2D eigenvalue weighted by Gasteiger charge is 2.33. The molecule has 1 unspecified atom stereocenters. The fraction of sp³-hybridized carbons (Fsp3) is 0.632. The summed E-state index contributed by atoms with van der Waals surface area (Å²) in [6, 6.07) is 2.25. The van der Waals surface area contributed by atoms with Gasteiger partial charge in [-0.1, -0.05) is 20.8 Å². The van der Waals surface area contributed by atoms with Gasteiger partial charge in [0.25, 0.3) is 5.91 Å². The van der Waals surface area contributed by atoms with Crippen molar-refractivity contribution in [2.24, 2.45) is 12.5 Å². The molecule has 0 radical (unpaired) electrons. The third-order valence-electron chi connectivity index (χ3n) is 4.81. The number of hydrogen-bond acceptors (Lipinski definition) is 3. The zero-order valence-corrected chi connectivity index (χ0v) is 15.7. The van der Waals surface area contributed by atoms with Gasteiger partial charge in [0.15, 0.2) is 5.65 Å². The Morgan fingerprint density at radius 1 is 1.33 bits per heavy atom. The van der Waals surface area contributed by atoms with Crippen LogP contribution in [0.25, 0.3) is 11.0 Å². The highest BCUT2D eigenvalue weighted by atomic mass is 16.2. The van der Waals surface area contributed by atoms with Crippen molar-refractivity contribution in [2.45, 2.75) is 59.9 Å². The quantitative estimate of drug-likeness (QED) is 0.846. The molecule has 1 amide bonds. The van der Waals surface area contributed by atoms with E-state index in [4.69, 9.17) is 0 Å². The van der Waals surface area contributed by atoms with E-state index in [1.54, 1.807) is 4.68 Å². The minimum atomic E-state index is 0.133. The van der Waals surface area contributed by atoms with Crippen LogP contribution >= 0.6 is 0 Å². The molecule has 1 fully saturated rings.